The quantitative estimate of drug-likeness (QED) is 0.381. The molecule has 11 heteroatoms. The van der Waals surface area contributed by atoms with Crippen LogP contribution in [0, 0.1) is 6.92 Å². The average molecular weight is 593 g/mol. The predicted molar refractivity (Wildman–Crippen MR) is 142 cm³/mol. The molecule has 0 N–H and O–H groups in total. The fourth-order valence-electron chi connectivity index (χ4n) is 4.30. The van der Waals surface area contributed by atoms with E-state index < -0.39 is 41.5 Å². The van der Waals surface area contributed by atoms with E-state index in [0.717, 1.165) is 17.3 Å². The molecule has 5 nitrogen and oxygen atoms in total. The summed E-state index contributed by atoms with van der Waals surface area (Å²) in [5, 5.41) is -0.574. The number of amides is 1. The molecule has 2 aromatic carbocycles. The molecule has 0 radical (unpaired) electrons. The topological polar surface area (TPSA) is 71.5 Å². The fourth-order valence-corrected chi connectivity index (χ4v) is 7.86. The molecule has 1 aliphatic heterocycles. The maximum absolute atomic E-state index is 13.7. The van der Waals surface area contributed by atoms with Crippen LogP contribution in [0.15, 0.2) is 65.2 Å². The number of rotatable bonds is 5. The Morgan fingerprint density at radius 3 is 2.20 bits per heavy atom. The number of aryl methyl sites for hydroxylation is 1. The highest BCUT2D eigenvalue weighted by atomic mass is 35.5. The van der Waals surface area contributed by atoms with Gasteiger partial charge in [-0.15, -0.1) is 0 Å². The first-order valence-electron chi connectivity index (χ1n) is 10.6. The molecule has 4 rings (SSSR count). The molecule has 1 amide bonds. The molecule has 0 spiro atoms. The van der Waals surface area contributed by atoms with Crippen molar-refractivity contribution in [3.05, 3.63) is 77.0 Å². The fraction of sp³-hybridized carbons (Fsp3) is 0.333. The Morgan fingerprint density at radius 2 is 1.63 bits per heavy atom. The minimum Gasteiger partial charge on any atom is -0.284 e. The molecule has 1 heterocycles. The highest BCUT2D eigenvalue weighted by Crippen LogP contribution is 2.59. The van der Waals surface area contributed by atoms with Crippen LogP contribution in [0.4, 0.5) is 0 Å². The van der Waals surface area contributed by atoms with Gasteiger partial charge in [0.2, 0.25) is 9.45 Å². The average Bonchev–Trinajstić information content (AvgIpc) is 2.98. The minimum atomic E-state index is -4.39. The van der Waals surface area contributed by atoms with Crippen molar-refractivity contribution >= 4 is 79.2 Å². The summed E-state index contributed by atoms with van der Waals surface area (Å²) < 4.78 is 23.9. The van der Waals surface area contributed by atoms with Crippen LogP contribution < -0.4 is 0 Å². The van der Waals surface area contributed by atoms with Crippen LogP contribution >= 0.6 is 58.2 Å². The number of sulfonamides is 1. The smallest absolute Gasteiger partial charge is 0.278 e. The second kappa shape index (κ2) is 9.26. The van der Waals surface area contributed by atoms with E-state index in [-0.39, 0.29) is 15.8 Å². The van der Waals surface area contributed by atoms with Gasteiger partial charge in [-0.05, 0) is 30.2 Å². The zero-order valence-corrected chi connectivity index (χ0v) is 23.5. The number of benzene rings is 2. The number of alkyl halides is 4. The van der Waals surface area contributed by atoms with Crippen LogP contribution in [0.5, 0.6) is 0 Å². The van der Waals surface area contributed by atoms with Crippen molar-refractivity contribution in [2.45, 2.75) is 51.4 Å². The molecule has 2 unspecified atom stereocenters. The summed E-state index contributed by atoms with van der Waals surface area (Å²) in [6.07, 6.45) is 1.43. The number of nitrogens with zero attached hydrogens (tertiary/aromatic N) is 1. The summed E-state index contributed by atoms with van der Waals surface area (Å²) in [6.45, 7) is 5.47. The number of thioether (sulfide) groups is 1. The van der Waals surface area contributed by atoms with E-state index in [9.17, 15) is 18.0 Å². The molecular formula is C24H21Cl4NO4S2. The van der Waals surface area contributed by atoms with Crippen molar-refractivity contribution < 1.29 is 18.0 Å². The Bertz CT molecular complexity index is 1340. The second-order valence-corrected chi connectivity index (χ2v) is 14.8. The van der Waals surface area contributed by atoms with Crippen molar-refractivity contribution in [3.8, 4) is 0 Å². The van der Waals surface area contributed by atoms with Gasteiger partial charge in [-0.1, -0.05) is 120 Å². The van der Waals surface area contributed by atoms with Gasteiger partial charge in [-0.3, -0.25) is 9.59 Å². The predicted octanol–water partition coefficient (Wildman–Crippen LogP) is 6.31. The van der Waals surface area contributed by atoms with Gasteiger partial charge >= 0.3 is 0 Å². The van der Waals surface area contributed by atoms with E-state index in [0.29, 0.717) is 15.4 Å². The lowest BCUT2D eigenvalue weighted by molar-refractivity contribution is -0.123. The SMILES string of the molecule is Cc1ccc(S(=O)(=O)N2C(=O)C(Cl)(Cl)C3C2=CC(C(Cl)(Cl)C(=O)SC(C)C)c2ccccc23)cc1. The molecule has 1 saturated heterocycles. The Balaban J connectivity index is 1.94. The summed E-state index contributed by atoms with van der Waals surface area (Å²) in [7, 11) is -4.39. The van der Waals surface area contributed by atoms with Crippen molar-refractivity contribution in [3.63, 3.8) is 0 Å². The normalized spacial score (nSPS) is 21.5. The van der Waals surface area contributed by atoms with Crippen molar-refractivity contribution in [1.29, 1.82) is 0 Å². The van der Waals surface area contributed by atoms with E-state index in [4.69, 9.17) is 46.4 Å². The van der Waals surface area contributed by atoms with Gasteiger partial charge in [0.25, 0.3) is 15.9 Å². The molecule has 0 bridgehead atoms. The number of allylic oxidation sites excluding steroid dienone is 2. The summed E-state index contributed by atoms with van der Waals surface area (Å²) in [5.41, 5.74) is 1.87. The van der Waals surface area contributed by atoms with Gasteiger partial charge in [0.05, 0.1) is 10.8 Å². The maximum atomic E-state index is 13.7. The summed E-state index contributed by atoms with van der Waals surface area (Å²) >= 11 is 27.4. The highest BCUT2D eigenvalue weighted by molar-refractivity contribution is 8.14. The first kappa shape index (κ1) is 26.8. The largest absolute Gasteiger partial charge is 0.284 e. The van der Waals surface area contributed by atoms with Gasteiger partial charge in [0.1, 0.15) is 0 Å². The minimum absolute atomic E-state index is 0.0114. The summed E-state index contributed by atoms with van der Waals surface area (Å²) in [5.74, 6) is -2.98. The van der Waals surface area contributed by atoms with Crippen LogP contribution in [0.1, 0.15) is 42.4 Å². The Kier molecular flexibility index (Phi) is 7.10. The van der Waals surface area contributed by atoms with Crippen LogP contribution in [0.3, 0.4) is 0 Å². The van der Waals surface area contributed by atoms with Gasteiger partial charge in [-0.2, -0.15) is 0 Å². The molecular weight excluding hydrogens is 572 g/mol. The van der Waals surface area contributed by atoms with E-state index >= 15 is 0 Å². The number of carbonyl (C=O) groups is 2. The molecule has 2 aliphatic rings. The monoisotopic (exact) mass is 591 g/mol. The van der Waals surface area contributed by atoms with Crippen LogP contribution in [-0.2, 0) is 19.6 Å². The van der Waals surface area contributed by atoms with Gasteiger partial charge < -0.3 is 0 Å². The van der Waals surface area contributed by atoms with Crippen LogP contribution in [-0.4, -0.2) is 37.7 Å². The highest BCUT2D eigenvalue weighted by Gasteiger charge is 2.62. The third-order valence-corrected chi connectivity index (χ3v) is 10.4. The molecule has 1 fully saturated rings. The first-order valence-corrected chi connectivity index (χ1v) is 14.5. The lowest BCUT2D eigenvalue weighted by Crippen LogP contribution is -2.37. The van der Waals surface area contributed by atoms with Crippen molar-refractivity contribution in [2.24, 2.45) is 0 Å². The second-order valence-electron chi connectivity index (χ2n) is 8.72. The van der Waals surface area contributed by atoms with E-state index in [2.05, 4.69) is 0 Å². The third-order valence-electron chi connectivity index (χ3n) is 5.91. The van der Waals surface area contributed by atoms with Crippen molar-refractivity contribution in [2.75, 3.05) is 0 Å². The van der Waals surface area contributed by atoms with Crippen LogP contribution in [0.2, 0.25) is 0 Å². The number of fused-ring (bicyclic) bond motifs is 3. The van der Waals surface area contributed by atoms with Gasteiger partial charge in [0, 0.05) is 16.9 Å². The maximum Gasteiger partial charge on any atom is 0.278 e. The Labute approximate surface area is 228 Å². The van der Waals surface area contributed by atoms with E-state index in [1.165, 1.54) is 18.2 Å². The standard InChI is InChI=1S/C24H21Cl4NO4S2/c1-13(2)34-22(31)23(25,26)18-12-19-20(17-7-5-4-6-16(17)18)24(27,28)21(30)29(19)35(32,33)15-10-8-14(3)9-11-15/h4-13,18,20H,1-3H3. The first-order chi connectivity index (χ1) is 16.2. The molecule has 35 heavy (non-hydrogen) atoms. The van der Waals surface area contributed by atoms with Crippen LogP contribution in [0.25, 0.3) is 0 Å². The zero-order valence-electron chi connectivity index (χ0n) is 18.8. The zero-order chi connectivity index (χ0) is 25.9. The van der Waals surface area contributed by atoms with Crippen molar-refractivity contribution in [1.82, 2.24) is 4.31 Å². The number of hydrogen-bond donors (Lipinski definition) is 0. The molecule has 0 aromatic heterocycles. The Hall–Kier alpha value is -1.22. The summed E-state index contributed by atoms with van der Waals surface area (Å²) in [4.78, 5) is 26.3. The van der Waals surface area contributed by atoms with Gasteiger partial charge in [0.15, 0.2) is 4.33 Å². The number of carbonyl (C=O) groups excluding carboxylic acids is 2. The molecule has 1 aliphatic carbocycles. The van der Waals surface area contributed by atoms with Gasteiger partial charge in [-0.25, -0.2) is 12.7 Å². The number of halogens is 4. The lowest BCUT2D eigenvalue weighted by atomic mass is 9.78. The Morgan fingerprint density at radius 1 is 1.06 bits per heavy atom. The molecule has 186 valence electrons. The third kappa shape index (κ3) is 4.42. The van der Waals surface area contributed by atoms with E-state index in [1.807, 2.05) is 20.8 Å². The van der Waals surface area contributed by atoms with E-state index in [1.54, 1.807) is 36.4 Å². The molecule has 0 saturated carbocycles. The molecule has 2 atom stereocenters. The lowest BCUT2D eigenvalue weighted by Gasteiger charge is -2.36. The summed E-state index contributed by atoms with van der Waals surface area (Å²) in [6, 6.07) is 12.9. The molecule has 2 aromatic rings. The number of hydrogen-bond acceptors (Lipinski definition) is 5.